The van der Waals surface area contributed by atoms with E-state index in [1.54, 1.807) is 12.4 Å². The first-order valence-electron chi connectivity index (χ1n) is 7.39. The maximum atomic E-state index is 11.8. The first-order chi connectivity index (χ1) is 10.7. The number of hydrogen-bond acceptors (Lipinski definition) is 6. The quantitative estimate of drug-likeness (QED) is 0.792. The Balaban J connectivity index is 1.77. The lowest BCUT2D eigenvalue weighted by Crippen LogP contribution is -2.41. The number of carbonyl (C=O) groups is 1. The maximum absolute atomic E-state index is 11.8. The van der Waals surface area contributed by atoms with Crippen molar-refractivity contribution in [1.29, 1.82) is 0 Å². The van der Waals surface area contributed by atoms with Gasteiger partial charge in [0.25, 0.3) is 0 Å². The van der Waals surface area contributed by atoms with Crippen molar-refractivity contribution in [3.8, 4) is 0 Å². The van der Waals surface area contributed by atoms with Gasteiger partial charge in [0.15, 0.2) is 0 Å². The van der Waals surface area contributed by atoms with Crippen LogP contribution in [0.15, 0.2) is 12.4 Å². The fraction of sp³-hybridized carbons (Fsp3) is 0.643. The van der Waals surface area contributed by atoms with Crippen LogP contribution in [0.25, 0.3) is 0 Å². The molecule has 0 saturated carbocycles. The van der Waals surface area contributed by atoms with Crippen molar-refractivity contribution in [2.45, 2.75) is 13.5 Å². The van der Waals surface area contributed by atoms with E-state index in [0.717, 1.165) is 11.8 Å². The van der Waals surface area contributed by atoms with E-state index in [1.807, 2.05) is 11.8 Å². The minimum Gasteiger partial charge on any atom is -0.481 e. The molecule has 126 valence electrons. The van der Waals surface area contributed by atoms with Crippen LogP contribution >= 0.6 is 0 Å². The number of carboxylic acid groups (broad SMARTS) is 1. The number of aliphatic carboxylic acids is 1. The van der Waals surface area contributed by atoms with Gasteiger partial charge in [-0.05, 0) is 6.92 Å². The van der Waals surface area contributed by atoms with E-state index >= 15 is 0 Å². The highest BCUT2D eigenvalue weighted by atomic mass is 32.2. The third-order valence-corrected chi connectivity index (χ3v) is 6.00. The molecule has 3 heterocycles. The van der Waals surface area contributed by atoms with E-state index in [1.165, 1.54) is 4.31 Å². The van der Waals surface area contributed by atoms with Crippen LogP contribution in [0, 0.1) is 18.3 Å². The lowest BCUT2D eigenvalue weighted by atomic mass is 9.81. The Morgan fingerprint density at radius 1 is 1.35 bits per heavy atom. The monoisotopic (exact) mass is 340 g/mol. The molecule has 2 saturated heterocycles. The third-order valence-electron chi connectivity index (χ3n) is 4.78. The number of carboxylic acids is 1. The Kier molecular flexibility index (Phi) is 3.89. The molecular formula is C14H20N4O4S. The molecule has 1 N–H and O–H groups in total. The van der Waals surface area contributed by atoms with Gasteiger partial charge in [-0.15, -0.1) is 0 Å². The molecule has 2 atom stereocenters. The van der Waals surface area contributed by atoms with Crippen LogP contribution in [0.1, 0.15) is 11.4 Å². The number of rotatable bonds is 4. The van der Waals surface area contributed by atoms with Gasteiger partial charge in [-0.25, -0.2) is 22.7 Å². The fourth-order valence-corrected chi connectivity index (χ4v) is 4.47. The minimum absolute atomic E-state index is 0.0483. The summed E-state index contributed by atoms with van der Waals surface area (Å²) in [6.07, 6.45) is 4.62. The number of hydrogen-bond donors (Lipinski definition) is 1. The summed E-state index contributed by atoms with van der Waals surface area (Å²) in [5.74, 6) is -0.421. The highest BCUT2D eigenvalue weighted by molar-refractivity contribution is 7.88. The molecule has 1 aromatic heterocycles. The molecule has 23 heavy (non-hydrogen) atoms. The van der Waals surface area contributed by atoms with Gasteiger partial charge >= 0.3 is 5.97 Å². The molecule has 0 aliphatic carbocycles. The van der Waals surface area contributed by atoms with Crippen molar-refractivity contribution in [2.75, 3.05) is 32.4 Å². The molecule has 2 aliphatic heterocycles. The highest BCUT2D eigenvalue weighted by Crippen LogP contribution is 2.43. The lowest BCUT2D eigenvalue weighted by Gasteiger charge is -2.24. The van der Waals surface area contributed by atoms with Gasteiger partial charge in [0.1, 0.15) is 5.82 Å². The second kappa shape index (κ2) is 5.50. The number of fused-ring (bicyclic) bond motifs is 1. The molecule has 0 bridgehead atoms. The van der Waals surface area contributed by atoms with Crippen LogP contribution < -0.4 is 0 Å². The van der Waals surface area contributed by atoms with E-state index in [-0.39, 0.29) is 19.0 Å². The second-order valence-corrected chi connectivity index (χ2v) is 8.50. The van der Waals surface area contributed by atoms with Crippen LogP contribution in [0.5, 0.6) is 0 Å². The van der Waals surface area contributed by atoms with E-state index in [2.05, 4.69) is 9.97 Å². The van der Waals surface area contributed by atoms with Crippen molar-refractivity contribution < 1.29 is 18.3 Å². The molecule has 9 heteroatoms. The average molecular weight is 340 g/mol. The van der Waals surface area contributed by atoms with Crippen LogP contribution in [0.3, 0.4) is 0 Å². The first kappa shape index (κ1) is 16.3. The summed E-state index contributed by atoms with van der Waals surface area (Å²) in [6.45, 7) is 3.60. The largest absolute Gasteiger partial charge is 0.481 e. The molecule has 3 rings (SSSR count). The molecule has 2 aliphatic rings. The van der Waals surface area contributed by atoms with Gasteiger partial charge in [0.05, 0.1) is 11.7 Å². The minimum atomic E-state index is -3.37. The summed E-state index contributed by atoms with van der Waals surface area (Å²) in [7, 11) is -3.37. The van der Waals surface area contributed by atoms with Gasteiger partial charge in [-0.1, -0.05) is 0 Å². The summed E-state index contributed by atoms with van der Waals surface area (Å²) in [5, 5.41) is 9.71. The lowest BCUT2D eigenvalue weighted by molar-refractivity contribution is -0.148. The SMILES string of the molecule is Cc1ncc(CN2C[C@@H]3CN(S(C)(=O)=O)C[C@]3(C(=O)O)C2)cn1. The number of aromatic nitrogens is 2. The zero-order chi connectivity index (χ0) is 16.8. The molecule has 8 nitrogen and oxygen atoms in total. The predicted octanol–water partition coefficient (Wildman–Crippen LogP) is -0.437. The third kappa shape index (κ3) is 2.96. The Morgan fingerprint density at radius 2 is 2.00 bits per heavy atom. The van der Waals surface area contributed by atoms with Gasteiger partial charge in [0, 0.05) is 56.6 Å². The van der Waals surface area contributed by atoms with Crippen molar-refractivity contribution in [2.24, 2.45) is 11.3 Å². The summed E-state index contributed by atoms with van der Waals surface area (Å²) in [4.78, 5) is 22.2. The van der Waals surface area contributed by atoms with Crippen LogP contribution in [-0.2, 0) is 21.4 Å². The predicted molar refractivity (Wildman–Crippen MR) is 82.0 cm³/mol. The number of aryl methyl sites for hydroxylation is 1. The number of likely N-dealkylation sites (tertiary alicyclic amines) is 1. The van der Waals surface area contributed by atoms with Gasteiger partial charge in [-0.2, -0.15) is 0 Å². The van der Waals surface area contributed by atoms with Crippen LogP contribution in [-0.4, -0.2) is 71.1 Å². The molecule has 0 aromatic carbocycles. The van der Waals surface area contributed by atoms with Gasteiger partial charge < -0.3 is 5.11 Å². The molecular weight excluding hydrogens is 320 g/mol. The zero-order valence-electron chi connectivity index (χ0n) is 13.1. The Hall–Kier alpha value is -1.58. The number of nitrogens with zero attached hydrogens (tertiary/aromatic N) is 4. The van der Waals surface area contributed by atoms with Crippen LogP contribution in [0.4, 0.5) is 0 Å². The Labute approximate surface area is 135 Å². The summed E-state index contributed by atoms with van der Waals surface area (Å²) in [6, 6.07) is 0. The van der Waals surface area contributed by atoms with E-state index in [4.69, 9.17) is 0 Å². The summed E-state index contributed by atoms with van der Waals surface area (Å²) < 4.78 is 24.8. The van der Waals surface area contributed by atoms with E-state index in [0.29, 0.717) is 25.5 Å². The molecule has 2 fully saturated rings. The summed E-state index contributed by atoms with van der Waals surface area (Å²) in [5.41, 5.74) is -0.0923. The average Bonchev–Trinajstić information content (AvgIpc) is 2.95. The van der Waals surface area contributed by atoms with E-state index < -0.39 is 21.4 Å². The van der Waals surface area contributed by atoms with Crippen molar-refractivity contribution >= 4 is 16.0 Å². The fourth-order valence-electron chi connectivity index (χ4n) is 3.56. The van der Waals surface area contributed by atoms with Crippen molar-refractivity contribution in [3.63, 3.8) is 0 Å². The Bertz CT molecular complexity index is 721. The van der Waals surface area contributed by atoms with E-state index in [9.17, 15) is 18.3 Å². The Morgan fingerprint density at radius 3 is 2.52 bits per heavy atom. The number of sulfonamides is 1. The molecule has 0 radical (unpaired) electrons. The molecule has 0 unspecified atom stereocenters. The van der Waals surface area contributed by atoms with Crippen molar-refractivity contribution in [1.82, 2.24) is 19.2 Å². The maximum Gasteiger partial charge on any atom is 0.312 e. The molecule has 0 amide bonds. The summed E-state index contributed by atoms with van der Waals surface area (Å²) >= 11 is 0. The normalized spacial score (nSPS) is 28.9. The smallest absolute Gasteiger partial charge is 0.312 e. The standard InChI is InChI=1S/C14H20N4O4S/c1-10-15-3-11(4-16-10)5-17-6-12-7-18(23(2,21)22)9-14(12,8-17)13(19)20/h3-4,12H,5-9H2,1-2H3,(H,19,20)/t12-,14-/m1/s1. The highest BCUT2D eigenvalue weighted by Gasteiger charge is 2.59. The second-order valence-electron chi connectivity index (χ2n) is 6.52. The molecule has 1 aromatic rings. The van der Waals surface area contributed by atoms with Crippen molar-refractivity contribution in [3.05, 3.63) is 23.8 Å². The molecule has 0 spiro atoms. The first-order valence-corrected chi connectivity index (χ1v) is 9.24. The van der Waals surface area contributed by atoms with Gasteiger partial charge in [-0.3, -0.25) is 9.69 Å². The topological polar surface area (TPSA) is 104 Å². The van der Waals surface area contributed by atoms with Crippen LogP contribution in [0.2, 0.25) is 0 Å². The zero-order valence-corrected chi connectivity index (χ0v) is 14.0. The van der Waals surface area contributed by atoms with Gasteiger partial charge in [0.2, 0.25) is 10.0 Å².